The third kappa shape index (κ3) is 7.04. The van der Waals surface area contributed by atoms with Crippen molar-refractivity contribution in [3.63, 3.8) is 0 Å². The van der Waals surface area contributed by atoms with Crippen molar-refractivity contribution in [3.05, 3.63) is 77.9 Å². The Balaban J connectivity index is 1.34. The Bertz CT molecular complexity index is 1270. The molecule has 8 heteroatoms. The Morgan fingerprint density at radius 2 is 1.59 bits per heavy atom. The first-order chi connectivity index (χ1) is 18.1. The Hall–Kier alpha value is -4.46. The van der Waals surface area contributed by atoms with Crippen molar-refractivity contribution < 1.29 is 33.3 Å². The van der Waals surface area contributed by atoms with Crippen LogP contribution in [0.15, 0.2) is 66.7 Å². The maximum Gasteiger partial charge on any atom is 0.262 e. The van der Waals surface area contributed by atoms with E-state index in [9.17, 15) is 9.59 Å². The monoisotopic (exact) mass is 503 g/mol. The zero-order valence-corrected chi connectivity index (χ0v) is 20.8. The lowest BCUT2D eigenvalue weighted by atomic mass is 10.1. The van der Waals surface area contributed by atoms with Gasteiger partial charge < -0.3 is 29.0 Å². The number of allylic oxidation sites excluding steroid dienone is 1. The minimum absolute atomic E-state index is 0.0299. The van der Waals surface area contributed by atoms with Crippen molar-refractivity contribution in [2.75, 3.05) is 38.4 Å². The molecule has 37 heavy (non-hydrogen) atoms. The lowest BCUT2D eigenvalue weighted by Gasteiger charge is -2.18. The Morgan fingerprint density at radius 1 is 0.865 bits per heavy atom. The van der Waals surface area contributed by atoms with Crippen LogP contribution in [-0.4, -0.2) is 44.7 Å². The van der Waals surface area contributed by atoms with Gasteiger partial charge in [0.15, 0.2) is 23.9 Å². The van der Waals surface area contributed by atoms with Crippen LogP contribution < -0.4 is 29.0 Å². The van der Waals surface area contributed by atoms with Gasteiger partial charge in [-0.05, 0) is 80.1 Å². The standard InChI is InChI=1S/C29H29NO7/c1-3-33-22-8-10-23(11-9-22)35-15-16-36-27-13-6-20(17-28(27)34-4-2)5-12-25(31)21-7-14-26-24(18-21)30-29(32)19-37-26/h5-14,17-18H,3-4,15-16,19H2,1-2H3,(H,30,32). The van der Waals surface area contributed by atoms with Crippen molar-refractivity contribution in [1.29, 1.82) is 0 Å². The number of nitrogens with one attached hydrogen (secondary N) is 1. The van der Waals surface area contributed by atoms with Gasteiger partial charge in [0.1, 0.15) is 30.5 Å². The molecular formula is C29H29NO7. The number of carbonyl (C=O) groups excluding carboxylic acids is 2. The molecule has 1 N–H and O–H groups in total. The second kappa shape index (κ2) is 12.5. The molecule has 0 bridgehead atoms. The molecule has 0 radical (unpaired) electrons. The van der Waals surface area contributed by atoms with Crippen molar-refractivity contribution in [2.24, 2.45) is 0 Å². The topological polar surface area (TPSA) is 92.3 Å². The van der Waals surface area contributed by atoms with E-state index in [-0.39, 0.29) is 18.3 Å². The van der Waals surface area contributed by atoms with E-state index in [1.54, 1.807) is 30.3 Å². The van der Waals surface area contributed by atoms with Gasteiger partial charge in [-0.25, -0.2) is 0 Å². The summed E-state index contributed by atoms with van der Waals surface area (Å²) in [6, 6.07) is 17.8. The van der Waals surface area contributed by atoms with Crippen LogP contribution in [0, 0.1) is 0 Å². The van der Waals surface area contributed by atoms with Crippen LogP contribution >= 0.6 is 0 Å². The van der Waals surface area contributed by atoms with Crippen LogP contribution in [0.3, 0.4) is 0 Å². The molecule has 1 aliphatic heterocycles. The molecule has 0 aromatic heterocycles. The summed E-state index contributed by atoms with van der Waals surface area (Å²) in [5, 5.41) is 2.71. The van der Waals surface area contributed by atoms with Crippen molar-refractivity contribution in [2.45, 2.75) is 13.8 Å². The van der Waals surface area contributed by atoms with Gasteiger partial charge in [-0.1, -0.05) is 12.1 Å². The number of ketones is 1. The van der Waals surface area contributed by atoms with Gasteiger partial charge in [0.2, 0.25) is 0 Å². The summed E-state index contributed by atoms with van der Waals surface area (Å²) < 4.78 is 28.1. The first kappa shape index (κ1) is 25.6. The highest BCUT2D eigenvalue weighted by molar-refractivity contribution is 6.08. The summed E-state index contributed by atoms with van der Waals surface area (Å²) >= 11 is 0. The number of benzene rings is 3. The largest absolute Gasteiger partial charge is 0.494 e. The van der Waals surface area contributed by atoms with E-state index in [0.717, 1.165) is 17.1 Å². The Morgan fingerprint density at radius 3 is 2.35 bits per heavy atom. The Kier molecular flexibility index (Phi) is 8.65. The number of hydrogen-bond donors (Lipinski definition) is 1. The molecule has 0 atom stereocenters. The fraction of sp³-hybridized carbons (Fsp3) is 0.241. The van der Waals surface area contributed by atoms with Crippen LogP contribution in [-0.2, 0) is 4.79 Å². The summed E-state index contributed by atoms with van der Waals surface area (Å²) in [5.74, 6) is 2.79. The van der Waals surface area contributed by atoms with Crippen LogP contribution in [0.5, 0.6) is 28.7 Å². The molecule has 3 aromatic carbocycles. The summed E-state index contributed by atoms with van der Waals surface area (Å²) in [6.45, 7) is 5.58. The normalized spacial score (nSPS) is 12.3. The van der Waals surface area contributed by atoms with Gasteiger partial charge in [0.05, 0.1) is 18.9 Å². The number of rotatable bonds is 12. The van der Waals surface area contributed by atoms with Crippen LogP contribution in [0.25, 0.3) is 6.08 Å². The van der Waals surface area contributed by atoms with Crippen molar-refractivity contribution in [1.82, 2.24) is 0 Å². The average Bonchev–Trinajstić information content (AvgIpc) is 2.91. The number of ether oxygens (including phenoxy) is 5. The number of fused-ring (bicyclic) bond motifs is 1. The van der Waals surface area contributed by atoms with E-state index in [1.165, 1.54) is 6.08 Å². The number of carbonyl (C=O) groups is 2. The SMILES string of the molecule is CCOc1ccc(OCCOc2ccc(C=CC(=O)c3ccc4c(c3)NC(=O)CO4)cc2OCC)cc1. The number of anilines is 1. The highest BCUT2D eigenvalue weighted by Gasteiger charge is 2.17. The molecule has 192 valence electrons. The predicted octanol–water partition coefficient (Wildman–Crippen LogP) is 5.17. The third-order valence-electron chi connectivity index (χ3n) is 5.34. The van der Waals surface area contributed by atoms with Gasteiger partial charge in [0.25, 0.3) is 5.91 Å². The quantitative estimate of drug-likeness (QED) is 0.207. The smallest absolute Gasteiger partial charge is 0.262 e. The summed E-state index contributed by atoms with van der Waals surface area (Å²) in [4.78, 5) is 24.2. The highest BCUT2D eigenvalue weighted by Crippen LogP contribution is 2.30. The zero-order valence-electron chi connectivity index (χ0n) is 20.8. The van der Waals surface area contributed by atoms with Gasteiger partial charge in [-0.3, -0.25) is 9.59 Å². The molecular weight excluding hydrogens is 474 g/mol. The van der Waals surface area contributed by atoms with E-state index in [1.807, 2.05) is 50.2 Å². The zero-order chi connectivity index (χ0) is 26.0. The molecule has 3 aromatic rings. The van der Waals surface area contributed by atoms with E-state index in [4.69, 9.17) is 23.7 Å². The van der Waals surface area contributed by atoms with Gasteiger partial charge in [-0.15, -0.1) is 0 Å². The molecule has 1 amide bonds. The maximum absolute atomic E-state index is 12.7. The second-order valence-electron chi connectivity index (χ2n) is 7.99. The number of hydrogen-bond acceptors (Lipinski definition) is 7. The second-order valence-corrected chi connectivity index (χ2v) is 7.99. The molecule has 0 saturated heterocycles. The summed E-state index contributed by atoms with van der Waals surface area (Å²) in [7, 11) is 0. The van der Waals surface area contributed by atoms with Crippen molar-refractivity contribution in [3.8, 4) is 28.7 Å². The molecule has 8 nitrogen and oxygen atoms in total. The van der Waals surface area contributed by atoms with E-state index in [2.05, 4.69) is 5.32 Å². The highest BCUT2D eigenvalue weighted by atomic mass is 16.5. The Labute approximate surface area is 215 Å². The minimum Gasteiger partial charge on any atom is -0.494 e. The average molecular weight is 504 g/mol. The van der Waals surface area contributed by atoms with E-state index >= 15 is 0 Å². The fourth-order valence-electron chi connectivity index (χ4n) is 3.63. The molecule has 0 aliphatic carbocycles. The molecule has 1 aliphatic rings. The van der Waals surface area contributed by atoms with E-state index in [0.29, 0.717) is 54.9 Å². The van der Waals surface area contributed by atoms with Gasteiger partial charge in [-0.2, -0.15) is 0 Å². The molecule has 4 rings (SSSR count). The lowest BCUT2D eigenvalue weighted by molar-refractivity contribution is -0.118. The molecule has 1 heterocycles. The van der Waals surface area contributed by atoms with Crippen LogP contribution in [0.2, 0.25) is 0 Å². The summed E-state index contributed by atoms with van der Waals surface area (Å²) in [5.41, 5.74) is 1.71. The van der Waals surface area contributed by atoms with E-state index < -0.39 is 0 Å². The predicted molar refractivity (Wildman–Crippen MR) is 140 cm³/mol. The van der Waals surface area contributed by atoms with Crippen LogP contribution in [0.4, 0.5) is 5.69 Å². The molecule has 0 spiro atoms. The first-order valence-corrected chi connectivity index (χ1v) is 12.1. The molecule has 0 fully saturated rings. The lowest BCUT2D eigenvalue weighted by Crippen LogP contribution is -2.25. The van der Waals surface area contributed by atoms with Gasteiger partial charge >= 0.3 is 0 Å². The first-order valence-electron chi connectivity index (χ1n) is 12.1. The maximum atomic E-state index is 12.7. The molecule has 0 saturated carbocycles. The minimum atomic E-state index is -0.249. The van der Waals surface area contributed by atoms with Crippen molar-refractivity contribution >= 4 is 23.5 Å². The summed E-state index contributed by atoms with van der Waals surface area (Å²) in [6.07, 6.45) is 3.18. The van der Waals surface area contributed by atoms with Gasteiger partial charge in [0, 0.05) is 5.56 Å². The third-order valence-corrected chi connectivity index (χ3v) is 5.34. The molecule has 0 unspecified atom stereocenters. The van der Waals surface area contributed by atoms with Crippen LogP contribution in [0.1, 0.15) is 29.8 Å². The number of amides is 1. The fourth-order valence-corrected chi connectivity index (χ4v) is 3.63.